The van der Waals surface area contributed by atoms with Crippen LogP contribution < -0.4 is 4.74 Å². The van der Waals surface area contributed by atoms with Crippen LogP contribution >= 0.6 is 0 Å². The third kappa shape index (κ3) is 1.55. The highest BCUT2D eigenvalue weighted by molar-refractivity contribution is 5.37. The number of hydrogen-bond acceptors (Lipinski definition) is 1. The van der Waals surface area contributed by atoms with Crippen molar-refractivity contribution in [3.63, 3.8) is 0 Å². The van der Waals surface area contributed by atoms with Gasteiger partial charge >= 0.3 is 0 Å². The van der Waals surface area contributed by atoms with Crippen molar-refractivity contribution in [2.75, 3.05) is 0 Å². The summed E-state index contributed by atoms with van der Waals surface area (Å²) in [6.07, 6.45) is 1.39. The molecule has 1 heteroatoms. The molecule has 0 saturated carbocycles. The zero-order valence-electron chi connectivity index (χ0n) is 8.50. The van der Waals surface area contributed by atoms with Gasteiger partial charge in [-0.2, -0.15) is 0 Å². The summed E-state index contributed by atoms with van der Waals surface area (Å²) in [5.41, 5.74) is 1.58. The van der Waals surface area contributed by atoms with E-state index >= 15 is 0 Å². The molecule has 0 aromatic heterocycles. The topological polar surface area (TPSA) is 9.23 Å². The van der Waals surface area contributed by atoms with Gasteiger partial charge in [-0.05, 0) is 17.0 Å². The molecule has 0 radical (unpaired) electrons. The van der Waals surface area contributed by atoms with E-state index in [2.05, 4.69) is 39.0 Å². The van der Waals surface area contributed by atoms with Crippen molar-refractivity contribution in [2.45, 2.75) is 33.3 Å². The van der Waals surface area contributed by atoms with Gasteiger partial charge < -0.3 is 4.74 Å². The minimum absolute atomic E-state index is 0.235. The lowest BCUT2D eigenvalue weighted by molar-refractivity contribution is 0.109. The van der Waals surface area contributed by atoms with E-state index in [-0.39, 0.29) is 5.41 Å². The van der Waals surface area contributed by atoms with Gasteiger partial charge in [-0.25, -0.2) is 0 Å². The molecular weight excluding hydrogens is 160 g/mol. The zero-order valence-corrected chi connectivity index (χ0v) is 8.50. The zero-order chi connectivity index (χ0) is 9.47. The highest BCUT2D eigenvalue weighted by atomic mass is 16.5. The molecule has 0 unspecified atom stereocenters. The molecule has 1 aliphatic heterocycles. The normalized spacial score (nSPS) is 21.0. The Morgan fingerprint density at radius 1 is 1.23 bits per heavy atom. The third-order valence-electron chi connectivity index (χ3n) is 2.61. The molecule has 1 aliphatic rings. The van der Waals surface area contributed by atoms with Gasteiger partial charge in [0.05, 0.1) is 0 Å². The molecule has 0 saturated heterocycles. The van der Waals surface area contributed by atoms with Gasteiger partial charge in [0.2, 0.25) is 0 Å². The van der Waals surface area contributed by atoms with Crippen LogP contribution in [0.2, 0.25) is 0 Å². The quantitative estimate of drug-likeness (QED) is 0.590. The van der Waals surface area contributed by atoms with Gasteiger partial charge in [-0.15, -0.1) is 0 Å². The summed E-state index contributed by atoms with van der Waals surface area (Å²) in [5.74, 6) is 1.07. The van der Waals surface area contributed by atoms with Crippen molar-refractivity contribution < 1.29 is 4.74 Å². The minimum atomic E-state index is 0.235. The molecular formula is C12H16O. The first-order valence-electron chi connectivity index (χ1n) is 4.82. The van der Waals surface area contributed by atoms with Gasteiger partial charge in [0.1, 0.15) is 11.9 Å². The van der Waals surface area contributed by atoms with Crippen LogP contribution in [0.3, 0.4) is 0 Å². The summed E-state index contributed by atoms with van der Waals surface area (Å²) < 4.78 is 5.87. The number of hydrogen-bond donors (Lipinski definition) is 0. The molecule has 13 heavy (non-hydrogen) atoms. The van der Waals surface area contributed by atoms with Crippen LogP contribution in [0.25, 0.3) is 0 Å². The number of benzene rings is 1. The van der Waals surface area contributed by atoms with Crippen molar-refractivity contribution in [2.24, 2.45) is 5.41 Å². The second kappa shape index (κ2) is 2.76. The Labute approximate surface area is 79.7 Å². The van der Waals surface area contributed by atoms with E-state index in [9.17, 15) is 0 Å². The Bertz CT molecular complexity index is 284. The van der Waals surface area contributed by atoms with Crippen molar-refractivity contribution in [3.8, 4) is 5.75 Å². The molecule has 1 aromatic rings. The summed E-state index contributed by atoms with van der Waals surface area (Å²) in [6, 6.07) is 8.32. The summed E-state index contributed by atoms with van der Waals surface area (Å²) in [7, 11) is 0. The Balaban J connectivity index is 2.23. The van der Waals surface area contributed by atoms with Crippen LogP contribution in [0.4, 0.5) is 0 Å². The fourth-order valence-electron chi connectivity index (χ4n) is 1.67. The number of para-hydroxylation sites is 1. The Kier molecular flexibility index (Phi) is 1.83. The standard InChI is InChI=1S/C12H16O/c1-12(2,3)11-8-9-6-4-5-7-10(9)13-11/h4-7,11H,8H2,1-3H3/t11-/m0/s1. The van der Waals surface area contributed by atoms with Gasteiger partial charge in [0, 0.05) is 6.42 Å². The van der Waals surface area contributed by atoms with Gasteiger partial charge in [-0.3, -0.25) is 0 Å². The van der Waals surface area contributed by atoms with Crippen molar-refractivity contribution in [1.82, 2.24) is 0 Å². The Morgan fingerprint density at radius 2 is 1.92 bits per heavy atom. The summed E-state index contributed by atoms with van der Waals surface area (Å²) in [4.78, 5) is 0. The minimum Gasteiger partial charge on any atom is -0.489 e. The van der Waals surface area contributed by atoms with Crippen LogP contribution in [-0.2, 0) is 6.42 Å². The Morgan fingerprint density at radius 3 is 2.54 bits per heavy atom. The van der Waals surface area contributed by atoms with Crippen LogP contribution in [0.15, 0.2) is 24.3 Å². The fourth-order valence-corrected chi connectivity index (χ4v) is 1.67. The number of ether oxygens (including phenoxy) is 1. The van der Waals surface area contributed by atoms with E-state index < -0.39 is 0 Å². The lowest BCUT2D eigenvalue weighted by Gasteiger charge is -2.25. The molecule has 2 rings (SSSR count). The molecule has 0 bridgehead atoms. The molecule has 0 fully saturated rings. The van der Waals surface area contributed by atoms with E-state index in [1.165, 1.54) is 5.56 Å². The lowest BCUT2D eigenvalue weighted by Crippen LogP contribution is -2.30. The van der Waals surface area contributed by atoms with Crippen LogP contribution in [-0.4, -0.2) is 6.10 Å². The predicted octanol–water partition coefficient (Wildman–Crippen LogP) is 3.04. The largest absolute Gasteiger partial charge is 0.489 e. The second-order valence-electron chi connectivity index (χ2n) is 4.78. The van der Waals surface area contributed by atoms with Crippen molar-refractivity contribution >= 4 is 0 Å². The van der Waals surface area contributed by atoms with Crippen LogP contribution in [0.1, 0.15) is 26.3 Å². The first-order valence-corrected chi connectivity index (χ1v) is 4.82. The maximum absolute atomic E-state index is 5.87. The van der Waals surface area contributed by atoms with Crippen molar-refractivity contribution in [3.05, 3.63) is 29.8 Å². The monoisotopic (exact) mass is 176 g/mol. The highest BCUT2D eigenvalue weighted by Crippen LogP contribution is 2.35. The molecule has 70 valence electrons. The summed E-state index contributed by atoms with van der Waals surface area (Å²) >= 11 is 0. The maximum atomic E-state index is 5.87. The molecule has 1 atom stereocenters. The van der Waals surface area contributed by atoms with E-state index in [0.717, 1.165) is 12.2 Å². The molecule has 1 aromatic carbocycles. The highest BCUT2D eigenvalue weighted by Gasteiger charge is 2.32. The first kappa shape index (κ1) is 8.61. The van der Waals surface area contributed by atoms with Gasteiger partial charge in [0.25, 0.3) is 0 Å². The molecule has 0 amide bonds. The van der Waals surface area contributed by atoms with Crippen LogP contribution in [0.5, 0.6) is 5.75 Å². The third-order valence-corrected chi connectivity index (χ3v) is 2.61. The SMILES string of the molecule is CC(C)(C)[C@@H]1Cc2ccccc2O1. The number of rotatable bonds is 0. The molecule has 0 spiro atoms. The molecule has 0 N–H and O–H groups in total. The maximum Gasteiger partial charge on any atom is 0.123 e. The summed E-state index contributed by atoms with van der Waals surface area (Å²) in [6.45, 7) is 6.68. The Hall–Kier alpha value is -0.980. The van der Waals surface area contributed by atoms with Crippen molar-refractivity contribution in [1.29, 1.82) is 0 Å². The van der Waals surface area contributed by atoms with E-state index in [1.54, 1.807) is 0 Å². The average Bonchev–Trinajstić information content (AvgIpc) is 2.45. The lowest BCUT2D eigenvalue weighted by atomic mass is 9.87. The van der Waals surface area contributed by atoms with Crippen LogP contribution in [0, 0.1) is 5.41 Å². The molecule has 0 aliphatic carbocycles. The smallest absolute Gasteiger partial charge is 0.123 e. The molecule has 1 nitrogen and oxygen atoms in total. The average molecular weight is 176 g/mol. The predicted molar refractivity (Wildman–Crippen MR) is 54.0 cm³/mol. The van der Waals surface area contributed by atoms with E-state index in [0.29, 0.717) is 6.10 Å². The number of fused-ring (bicyclic) bond motifs is 1. The fraction of sp³-hybridized carbons (Fsp3) is 0.500. The first-order chi connectivity index (χ1) is 6.07. The van der Waals surface area contributed by atoms with E-state index in [1.807, 2.05) is 6.07 Å². The molecule has 1 heterocycles. The van der Waals surface area contributed by atoms with Gasteiger partial charge in [-0.1, -0.05) is 39.0 Å². The van der Waals surface area contributed by atoms with Gasteiger partial charge in [0.15, 0.2) is 0 Å². The second-order valence-corrected chi connectivity index (χ2v) is 4.78. The van der Waals surface area contributed by atoms with E-state index in [4.69, 9.17) is 4.74 Å². The summed E-state index contributed by atoms with van der Waals surface area (Å²) in [5, 5.41) is 0.